The van der Waals surface area contributed by atoms with Crippen molar-refractivity contribution < 1.29 is 22.7 Å². The summed E-state index contributed by atoms with van der Waals surface area (Å²) in [4.78, 5) is 27.7. The molecular weight excluding hydrogens is 523 g/mol. The second kappa shape index (κ2) is 11.7. The number of imidazole rings is 1. The van der Waals surface area contributed by atoms with Crippen molar-refractivity contribution in [3.63, 3.8) is 0 Å². The van der Waals surface area contributed by atoms with Gasteiger partial charge in [-0.1, -0.05) is 6.92 Å². The van der Waals surface area contributed by atoms with Crippen molar-refractivity contribution in [1.82, 2.24) is 19.5 Å². The first kappa shape index (κ1) is 27.1. The van der Waals surface area contributed by atoms with Crippen molar-refractivity contribution in [2.75, 3.05) is 48.4 Å². The zero-order valence-electron chi connectivity index (χ0n) is 21.8. The van der Waals surface area contributed by atoms with E-state index in [-0.39, 0.29) is 11.3 Å². The first-order valence-corrected chi connectivity index (χ1v) is 12.9. The van der Waals surface area contributed by atoms with Crippen LogP contribution in [0.2, 0.25) is 0 Å². The Morgan fingerprint density at radius 2 is 1.80 bits per heavy atom. The van der Waals surface area contributed by atoms with E-state index < -0.39 is 17.6 Å². The molecule has 1 fully saturated rings. The maximum absolute atomic E-state index is 13.9. The van der Waals surface area contributed by atoms with Crippen LogP contribution in [0.3, 0.4) is 0 Å². The number of amides is 1. The van der Waals surface area contributed by atoms with E-state index in [1.54, 1.807) is 53.8 Å². The van der Waals surface area contributed by atoms with Crippen LogP contribution in [-0.4, -0.2) is 58.3 Å². The molecule has 1 aliphatic rings. The summed E-state index contributed by atoms with van der Waals surface area (Å²) < 4.78 is 48.7. The van der Waals surface area contributed by atoms with Gasteiger partial charge in [0.1, 0.15) is 11.6 Å². The second-order valence-electron chi connectivity index (χ2n) is 9.15. The van der Waals surface area contributed by atoms with Crippen LogP contribution in [0.15, 0.2) is 67.1 Å². The van der Waals surface area contributed by atoms with E-state index in [1.165, 1.54) is 12.1 Å². The van der Waals surface area contributed by atoms with Gasteiger partial charge in [0.2, 0.25) is 5.95 Å². The molecule has 2 N–H and O–H groups in total. The number of anilines is 3. The van der Waals surface area contributed by atoms with Gasteiger partial charge in [-0.3, -0.25) is 9.36 Å². The van der Waals surface area contributed by atoms with Gasteiger partial charge in [-0.25, -0.2) is 9.97 Å². The van der Waals surface area contributed by atoms with Gasteiger partial charge in [0.15, 0.2) is 0 Å². The molecule has 1 saturated heterocycles. The van der Waals surface area contributed by atoms with Crippen LogP contribution < -0.4 is 15.5 Å². The summed E-state index contributed by atoms with van der Waals surface area (Å²) in [5.74, 6) is 1.15. The predicted octanol–water partition coefficient (Wildman–Crippen LogP) is 5.26. The number of halogens is 3. The van der Waals surface area contributed by atoms with Crippen molar-refractivity contribution in [3.05, 3.63) is 78.2 Å². The van der Waals surface area contributed by atoms with Gasteiger partial charge in [0.05, 0.1) is 18.8 Å². The van der Waals surface area contributed by atoms with Crippen LogP contribution >= 0.6 is 0 Å². The lowest BCUT2D eigenvalue weighted by Gasteiger charge is -2.31. The normalized spacial score (nSPS) is 13.8. The Hall–Kier alpha value is -4.45. The predicted molar refractivity (Wildman–Crippen MR) is 146 cm³/mol. The number of hydrogen-bond acceptors (Lipinski definition) is 7. The van der Waals surface area contributed by atoms with Gasteiger partial charge in [-0.05, 0) is 55.0 Å². The Bertz CT molecular complexity index is 1470. The fraction of sp³-hybridized carbons (Fsp3) is 0.286. The molecule has 1 aliphatic heterocycles. The number of alkyl halides is 3. The van der Waals surface area contributed by atoms with Crippen molar-refractivity contribution >= 4 is 23.2 Å². The molecule has 1 amide bonds. The van der Waals surface area contributed by atoms with Gasteiger partial charge >= 0.3 is 6.18 Å². The van der Waals surface area contributed by atoms with Crippen LogP contribution in [0.1, 0.15) is 29.3 Å². The highest BCUT2D eigenvalue weighted by molar-refractivity contribution is 6.04. The molecule has 208 valence electrons. The molecule has 0 atom stereocenters. The standard InChI is InChI=1S/C28H28F3N7O2/c1-2-10-33-27-34-11-9-24(36-27)38-13-12-32-25(38)19-3-6-21(7-4-19)35-26(39)20-5-8-23(22(18-20)28(29,30)31)37-14-16-40-17-15-37/h3-9,11-13,18H,2,10,14-17H2,1H3,(H,35,39)(H,33,34,36). The number of benzene rings is 2. The number of rotatable bonds is 8. The maximum Gasteiger partial charge on any atom is 0.418 e. The molecule has 0 spiro atoms. The Balaban J connectivity index is 1.33. The molecule has 12 heteroatoms. The zero-order chi connectivity index (χ0) is 28.1. The number of nitrogens with zero attached hydrogens (tertiary/aromatic N) is 5. The van der Waals surface area contributed by atoms with E-state index in [0.717, 1.165) is 24.6 Å². The Kier molecular flexibility index (Phi) is 7.96. The highest BCUT2D eigenvalue weighted by Gasteiger charge is 2.36. The van der Waals surface area contributed by atoms with E-state index >= 15 is 0 Å². The van der Waals surface area contributed by atoms with Gasteiger partial charge in [0, 0.05) is 60.7 Å². The number of morpholine rings is 1. The molecule has 0 aliphatic carbocycles. The Morgan fingerprint density at radius 1 is 1.02 bits per heavy atom. The van der Waals surface area contributed by atoms with E-state index in [0.29, 0.717) is 49.6 Å². The zero-order valence-corrected chi connectivity index (χ0v) is 21.8. The Morgan fingerprint density at radius 3 is 2.52 bits per heavy atom. The molecule has 2 aromatic heterocycles. The first-order valence-electron chi connectivity index (χ1n) is 12.9. The molecule has 2 aromatic carbocycles. The topological polar surface area (TPSA) is 97.2 Å². The molecule has 0 unspecified atom stereocenters. The molecule has 0 saturated carbocycles. The second-order valence-corrected chi connectivity index (χ2v) is 9.15. The minimum atomic E-state index is -4.61. The van der Waals surface area contributed by atoms with Crippen LogP contribution in [0.5, 0.6) is 0 Å². The molecule has 9 nitrogen and oxygen atoms in total. The number of ether oxygens (including phenoxy) is 1. The summed E-state index contributed by atoms with van der Waals surface area (Å²) in [5, 5.41) is 5.85. The van der Waals surface area contributed by atoms with E-state index in [1.807, 2.05) is 4.57 Å². The summed E-state index contributed by atoms with van der Waals surface area (Å²) in [5.41, 5.74) is 0.316. The molecule has 0 bridgehead atoms. The summed E-state index contributed by atoms with van der Waals surface area (Å²) >= 11 is 0. The highest BCUT2D eigenvalue weighted by Crippen LogP contribution is 2.37. The van der Waals surface area contributed by atoms with Crippen LogP contribution in [0.25, 0.3) is 17.2 Å². The lowest BCUT2D eigenvalue weighted by molar-refractivity contribution is -0.137. The van der Waals surface area contributed by atoms with Gasteiger partial charge in [-0.2, -0.15) is 18.2 Å². The smallest absolute Gasteiger partial charge is 0.378 e. The third kappa shape index (κ3) is 6.07. The largest absolute Gasteiger partial charge is 0.418 e. The molecule has 4 aromatic rings. The third-order valence-electron chi connectivity index (χ3n) is 6.38. The molecule has 0 radical (unpaired) electrons. The minimum absolute atomic E-state index is 0.0455. The monoisotopic (exact) mass is 551 g/mol. The average molecular weight is 552 g/mol. The summed E-state index contributed by atoms with van der Waals surface area (Å²) in [7, 11) is 0. The van der Waals surface area contributed by atoms with Gasteiger partial charge in [-0.15, -0.1) is 0 Å². The lowest BCUT2D eigenvalue weighted by atomic mass is 10.1. The molecule has 3 heterocycles. The molecule has 40 heavy (non-hydrogen) atoms. The van der Waals surface area contributed by atoms with E-state index in [2.05, 4.69) is 32.5 Å². The minimum Gasteiger partial charge on any atom is -0.378 e. The quantitative estimate of drug-likeness (QED) is 0.308. The van der Waals surface area contributed by atoms with E-state index in [9.17, 15) is 18.0 Å². The average Bonchev–Trinajstić information content (AvgIpc) is 3.46. The molecule has 5 rings (SSSR count). The SMILES string of the molecule is CCCNc1nccc(-n2ccnc2-c2ccc(NC(=O)c3ccc(N4CCOCC4)c(C(F)(F)F)c3)cc2)n1. The van der Waals surface area contributed by atoms with Crippen molar-refractivity contribution in [1.29, 1.82) is 0 Å². The lowest BCUT2D eigenvalue weighted by Crippen LogP contribution is -2.37. The van der Waals surface area contributed by atoms with Crippen molar-refractivity contribution in [2.24, 2.45) is 0 Å². The van der Waals surface area contributed by atoms with Crippen molar-refractivity contribution in [2.45, 2.75) is 19.5 Å². The number of carbonyl (C=O) groups is 1. The summed E-state index contributed by atoms with van der Waals surface area (Å²) in [6, 6.07) is 12.3. The summed E-state index contributed by atoms with van der Waals surface area (Å²) in [6.07, 6.45) is 1.45. The van der Waals surface area contributed by atoms with Crippen LogP contribution in [0, 0.1) is 0 Å². The maximum atomic E-state index is 13.9. The van der Waals surface area contributed by atoms with Gasteiger partial charge in [0.25, 0.3) is 5.91 Å². The molecular formula is C28H28F3N7O2. The number of hydrogen-bond donors (Lipinski definition) is 2. The number of nitrogens with one attached hydrogen (secondary N) is 2. The number of carbonyl (C=O) groups excluding carboxylic acids is 1. The number of aromatic nitrogens is 4. The Labute approximate surface area is 229 Å². The third-order valence-corrected chi connectivity index (χ3v) is 6.38. The van der Waals surface area contributed by atoms with Gasteiger partial charge < -0.3 is 20.3 Å². The van der Waals surface area contributed by atoms with Crippen molar-refractivity contribution in [3.8, 4) is 17.2 Å². The fourth-order valence-electron chi connectivity index (χ4n) is 4.40. The fourth-order valence-corrected chi connectivity index (χ4v) is 4.40. The van der Waals surface area contributed by atoms with E-state index in [4.69, 9.17) is 4.74 Å². The summed E-state index contributed by atoms with van der Waals surface area (Å²) in [6.45, 7) is 4.22. The van der Waals surface area contributed by atoms with Crippen LogP contribution in [-0.2, 0) is 10.9 Å². The highest BCUT2D eigenvalue weighted by atomic mass is 19.4. The first-order chi connectivity index (χ1) is 19.3. The van der Waals surface area contributed by atoms with Crippen LogP contribution in [0.4, 0.5) is 30.5 Å².